The van der Waals surface area contributed by atoms with Crippen LogP contribution < -0.4 is 9.47 Å². The number of aromatic nitrogens is 1. The maximum absolute atomic E-state index is 13.3. The lowest BCUT2D eigenvalue weighted by Gasteiger charge is -2.16. The van der Waals surface area contributed by atoms with Gasteiger partial charge in [-0.1, -0.05) is 78.0 Å². The number of aromatic hydroxyl groups is 1. The monoisotopic (exact) mass is 558 g/mol. The van der Waals surface area contributed by atoms with Gasteiger partial charge in [-0.05, 0) is 53.1 Å². The zero-order valence-corrected chi connectivity index (χ0v) is 21.9. The van der Waals surface area contributed by atoms with E-state index in [1.165, 1.54) is 23.8 Å². The summed E-state index contributed by atoms with van der Waals surface area (Å²) in [7, 11) is 1.52. The molecule has 208 valence electrons. The molecule has 1 aromatic heterocycles. The van der Waals surface area contributed by atoms with E-state index in [4.69, 9.17) is 9.47 Å². The summed E-state index contributed by atoms with van der Waals surface area (Å²) in [5, 5.41) is 15.1. The van der Waals surface area contributed by atoms with Crippen molar-refractivity contribution in [2.24, 2.45) is 5.18 Å². The van der Waals surface area contributed by atoms with Gasteiger partial charge in [0.25, 0.3) is 0 Å². The van der Waals surface area contributed by atoms with Crippen LogP contribution in [0.5, 0.6) is 17.4 Å². The molecule has 1 heterocycles. The number of rotatable bonds is 9. The quantitative estimate of drug-likeness (QED) is 0.185. The Kier molecular flexibility index (Phi) is 7.78. The van der Waals surface area contributed by atoms with E-state index >= 15 is 0 Å². The second kappa shape index (κ2) is 11.6. The fourth-order valence-electron chi connectivity index (χ4n) is 4.68. The number of alkyl halides is 3. The lowest BCUT2D eigenvalue weighted by atomic mass is 9.95. The topological polar surface area (TPSA) is 73.1 Å². The van der Waals surface area contributed by atoms with E-state index in [-0.39, 0.29) is 29.5 Å². The summed E-state index contributed by atoms with van der Waals surface area (Å²) < 4.78 is 52.8. The smallest absolute Gasteiger partial charge is 0.416 e. The number of halogens is 3. The van der Waals surface area contributed by atoms with Crippen molar-refractivity contribution in [2.45, 2.75) is 18.8 Å². The molecular weight excluding hydrogens is 533 g/mol. The average molecular weight is 559 g/mol. The minimum Gasteiger partial charge on any atom is -0.497 e. The van der Waals surface area contributed by atoms with E-state index in [9.17, 15) is 23.2 Å². The van der Waals surface area contributed by atoms with Gasteiger partial charge in [-0.2, -0.15) is 13.2 Å². The number of benzene rings is 4. The largest absolute Gasteiger partial charge is 0.497 e. The standard InChI is InChI=1S/C32H25F3N2O4/c1-40-26-18-12-22(13-19-26)28(36-39)27-29(23-10-6-3-7-11-23)37(25-16-14-24(15-17-25)32(33,34)35)31(38)30(27)41-20-21-8-4-2-5-9-21/h2-19,28,38H,20H2,1H3. The van der Waals surface area contributed by atoms with E-state index < -0.39 is 17.8 Å². The highest BCUT2D eigenvalue weighted by Crippen LogP contribution is 2.49. The van der Waals surface area contributed by atoms with Gasteiger partial charge in [-0.15, -0.1) is 4.91 Å². The Balaban J connectivity index is 1.76. The predicted molar refractivity (Wildman–Crippen MR) is 149 cm³/mol. The molecule has 0 aliphatic heterocycles. The minimum absolute atomic E-state index is 0.00646. The average Bonchev–Trinajstić information content (AvgIpc) is 3.28. The van der Waals surface area contributed by atoms with Crippen LogP contribution in [0, 0.1) is 4.91 Å². The SMILES string of the molecule is COc1ccc(C(N=O)c2c(OCc3ccccc3)c(O)n(-c3ccc(C(F)(F)F)cc3)c2-c2ccccc2)cc1. The Labute approximate surface area is 234 Å². The van der Waals surface area contributed by atoms with Crippen molar-refractivity contribution in [3.8, 4) is 34.3 Å². The third-order valence-corrected chi connectivity index (χ3v) is 6.67. The molecule has 5 rings (SSSR count). The highest BCUT2D eigenvalue weighted by Gasteiger charge is 2.34. The first kappa shape index (κ1) is 27.5. The molecule has 5 aromatic rings. The Morgan fingerprint density at radius 2 is 1.46 bits per heavy atom. The molecule has 9 heteroatoms. The normalized spacial score (nSPS) is 12.1. The van der Waals surface area contributed by atoms with E-state index in [2.05, 4.69) is 5.18 Å². The first-order valence-electron chi connectivity index (χ1n) is 12.7. The minimum atomic E-state index is -4.53. The number of hydrogen-bond acceptors (Lipinski definition) is 5. The number of nitroso groups, excluding NO2 is 1. The summed E-state index contributed by atoms with van der Waals surface area (Å²) in [5.74, 6) is 0.192. The first-order chi connectivity index (χ1) is 19.8. The van der Waals surface area contributed by atoms with Crippen LogP contribution in [0.1, 0.15) is 28.3 Å². The van der Waals surface area contributed by atoms with Crippen LogP contribution in [0.2, 0.25) is 0 Å². The molecule has 0 amide bonds. The molecule has 0 spiro atoms. The Morgan fingerprint density at radius 1 is 0.854 bits per heavy atom. The van der Waals surface area contributed by atoms with Crippen LogP contribution in [0.25, 0.3) is 16.9 Å². The number of nitrogens with zero attached hydrogens (tertiary/aromatic N) is 2. The van der Waals surface area contributed by atoms with Crippen LogP contribution in [-0.4, -0.2) is 16.8 Å². The molecule has 1 atom stereocenters. The molecule has 0 saturated carbocycles. The van der Waals surface area contributed by atoms with Gasteiger partial charge in [0.05, 0.1) is 23.9 Å². The third-order valence-electron chi connectivity index (χ3n) is 6.67. The Hall–Kier alpha value is -5.05. The highest BCUT2D eigenvalue weighted by atomic mass is 19.4. The molecule has 6 nitrogen and oxygen atoms in total. The van der Waals surface area contributed by atoms with Crippen LogP contribution in [0.15, 0.2) is 114 Å². The molecule has 0 radical (unpaired) electrons. The van der Waals surface area contributed by atoms with Crippen molar-refractivity contribution in [2.75, 3.05) is 7.11 Å². The second-order valence-corrected chi connectivity index (χ2v) is 9.22. The molecule has 41 heavy (non-hydrogen) atoms. The van der Waals surface area contributed by atoms with Crippen LogP contribution >= 0.6 is 0 Å². The summed E-state index contributed by atoms with van der Waals surface area (Å²) in [6.45, 7) is 0.0564. The molecule has 1 N–H and O–H groups in total. The van der Waals surface area contributed by atoms with Gasteiger partial charge in [0.1, 0.15) is 18.4 Å². The lowest BCUT2D eigenvalue weighted by Crippen LogP contribution is -2.06. The number of ether oxygens (including phenoxy) is 2. The fraction of sp³-hybridized carbons (Fsp3) is 0.125. The van der Waals surface area contributed by atoms with Crippen LogP contribution in [-0.2, 0) is 12.8 Å². The van der Waals surface area contributed by atoms with E-state index in [0.29, 0.717) is 22.6 Å². The van der Waals surface area contributed by atoms with Crippen molar-refractivity contribution in [1.82, 2.24) is 4.57 Å². The molecule has 0 fully saturated rings. The summed E-state index contributed by atoms with van der Waals surface area (Å²) >= 11 is 0. The highest BCUT2D eigenvalue weighted by molar-refractivity contribution is 5.76. The van der Waals surface area contributed by atoms with Gasteiger partial charge in [0.15, 0.2) is 5.75 Å². The molecule has 0 bridgehead atoms. The summed E-state index contributed by atoms with van der Waals surface area (Å²) in [6, 6.07) is 28.2. The van der Waals surface area contributed by atoms with Gasteiger partial charge >= 0.3 is 6.18 Å². The van der Waals surface area contributed by atoms with Gasteiger partial charge in [0.2, 0.25) is 5.88 Å². The van der Waals surface area contributed by atoms with E-state index in [0.717, 1.165) is 17.7 Å². The molecule has 4 aromatic carbocycles. The van der Waals surface area contributed by atoms with Crippen LogP contribution in [0.4, 0.5) is 13.2 Å². The van der Waals surface area contributed by atoms with E-state index in [1.54, 1.807) is 54.6 Å². The van der Waals surface area contributed by atoms with Crippen molar-refractivity contribution in [1.29, 1.82) is 0 Å². The van der Waals surface area contributed by atoms with Gasteiger partial charge in [0, 0.05) is 5.69 Å². The Bertz CT molecular complexity index is 1620. The molecular formula is C32H25F3N2O4. The van der Waals surface area contributed by atoms with Crippen molar-refractivity contribution < 1.29 is 27.8 Å². The molecule has 0 aliphatic carbocycles. The Morgan fingerprint density at radius 3 is 2.02 bits per heavy atom. The van der Waals surface area contributed by atoms with Gasteiger partial charge in [-0.3, -0.25) is 4.57 Å². The lowest BCUT2D eigenvalue weighted by molar-refractivity contribution is -0.137. The van der Waals surface area contributed by atoms with E-state index in [1.807, 2.05) is 30.3 Å². The zero-order chi connectivity index (χ0) is 29.0. The summed E-state index contributed by atoms with van der Waals surface area (Å²) in [6.07, 6.45) is -4.53. The first-order valence-corrected chi connectivity index (χ1v) is 12.7. The van der Waals surface area contributed by atoms with Gasteiger partial charge < -0.3 is 14.6 Å². The zero-order valence-electron chi connectivity index (χ0n) is 21.9. The summed E-state index contributed by atoms with van der Waals surface area (Å²) in [4.78, 5) is 12.5. The van der Waals surface area contributed by atoms with Crippen molar-refractivity contribution >= 4 is 0 Å². The number of methoxy groups -OCH3 is 1. The predicted octanol–water partition coefficient (Wildman–Crippen LogP) is 8.31. The van der Waals surface area contributed by atoms with Gasteiger partial charge in [-0.25, -0.2) is 0 Å². The second-order valence-electron chi connectivity index (χ2n) is 9.22. The molecule has 0 aliphatic rings. The maximum atomic E-state index is 13.3. The summed E-state index contributed by atoms with van der Waals surface area (Å²) in [5.41, 5.74) is 1.93. The molecule has 1 unspecified atom stereocenters. The molecule has 0 saturated heterocycles. The fourth-order valence-corrected chi connectivity index (χ4v) is 4.68. The maximum Gasteiger partial charge on any atom is 0.416 e. The number of hydrogen-bond donors (Lipinski definition) is 1. The van der Waals surface area contributed by atoms with Crippen molar-refractivity contribution in [3.63, 3.8) is 0 Å². The third kappa shape index (κ3) is 5.65. The van der Waals surface area contributed by atoms with Crippen LogP contribution in [0.3, 0.4) is 0 Å². The van der Waals surface area contributed by atoms with Crippen molar-refractivity contribution in [3.05, 3.63) is 136 Å².